The van der Waals surface area contributed by atoms with Crippen LogP contribution in [0.3, 0.4) is 0 Å². The Kier molecular flexibility index (Phi) is 5.48. The van der Waals surface area contributed by atoms with Crippen LogP contribution in [0, 0.1) is 0 Å². The van der Waals surface area contributed by atoms with Crippen molar-refractivity contribution in [1.82, 2.24) is 25.0 Å². The van der Waals surface area contributed by atoms with Gasteiger partial charge < -0.3 is 10.2 Å². The highest BCUT2D eigenvalue weighted by Gasteiger charge is 2.33. The van der Waals surface area contributed by atoms with E-state index < -0.39 is 6.04 Å². The van der Waals surface area contributed by atoms with Crippen LogP contribution in [0.15, 0.2) is 54.3 Å². The summed E-state index contributed by atoms with van der Waals surface area (Å²) in [6.45, 7) is 0.971. The van der Waals surface area contributed by atoms with Crippen molar-refractivity contribution in [3.05, 3.63) is 64.7 Å². The molecule has 1 atom stereocenters. The maximum atomic E-state index is 12.8. The van der Waals surface area contributed by atoms with Crippen molar-refractivity contribution in [1.29, 1.82) is 0 Å². The first kappa shape index (κ1) is 18.4. The second-order valence-corrected chi connectivity index (χ2v) is 7.69. The number of pyridine rings is 1. The van der Waals surface area contributed by atoms with Crippen molar-refractivity contribution in [2.75, 3.05) is 6.54 Å². The zero-order chi connectivity index (χ0) is 19.3. The van der Waals surface area contributed by atoms with Crippen molar-refractivity contribution >= 4 is 23.2 Å². The second-order valence-electron chi connectivity index (χ2n) is 6.66. The third kappa shape index (κ3) is 3.96. The SMILES string of the molecule is O=C(NCc1cccnc1-n1cccn1)C1CCCN1C(=O)Cc1cccs1. The Labute approximate surface area is 167 Å². The summed E-state index contributed by atoms with van der Waals surface area (Å²) in [5, 5.41) is 9.15. The van der Waals surface area contributed by atoms with Crippen molar-refractivity contribution < 1.29 is 9.59 Å². The van der Waals surface area contributed by atoms with Crippen LogP contribution in [0.2, 0.25) is 0 Å². The molecule has 3 aromatic heterocycles. The van der Waals surface area contributed by atoms with Crippen LogP contribution in [-0.2, 0) is 22.6 Å². The number of hydrogen-bond acceptors (Lipinski definition) is 5. The Balaban J connectivity index is 1.40. The molecule has 0 saturated carbocycles. The lowest BCUT2D eigenvalue weighted by Gasteiger charge is -2.24. The molecule has 2 amide bonds. The average Bonchev–Trinajstić information content (AvgIpc) is 3.48. The molecule has 4 rings (SSSR count). The van der Waals surface area contributed by atoms with E-state index in [0.29, 0.717) is 31.7 Å². The van der Waals surface area contributed by atoms with Gasteiger partial charge in [-0.3, -0.25) is 9.59 Å². The van der Waals surface area contributed by atoms with Gasteiger partial charge in [0, 0.05) is 42.1 Å². The van der Waals surface area contributed by atoms with Crippen LogP contribution in [0.4, 0.5) is 0 Å². The molecule has 3 aromatic rings. The quantitative estimate of drug-likeness (QED) is 0.694. The molecule has 4 heterocycles. The molecule has 1 saturated heterocycles. The van der Waals surface area contributed by atoms with Crippen molar-refractivity contribution in [3.63, 3.8) is 0 Å². The van der Waals surface area contributed by atoms with Gasteiger partial charge >= 0.3 is 0 Å². The fraction of sp³-hybridized carbons (Fsp3) is 0.300. The van der Waals surface area contributed by atoms with Crippen molar-refractivity contribution in [2.45, 2.75) is 31.8 Å². The monoisotopic (exact) mass is 395 g/mol. The highest BCUT2D eigenvalue weighted by Crippen LogP contribution is 2.20. The number of hydrogen-bond donors (Lipinski definition) is 1. The maximum Gasteiger partial charge on any atom is 0.243 e. The number of carbonyl (C=O) groups is 2. The lowest BCUT2D eigenvalue weighted by atomic mass is 10.2. The molecule has 0 aliphatic carbocycles. The zero-order valence-electron chi connectivity index (χ0n) is 15.3. The van der Waals surface area contributed by atoms with E-state index >= 15 is 0 Å². The standard InChI is InChI=1S/C20H21N5O2S/c26-18(13-16-6-3-12-28-16)24-10-2-7-17(24)20(27)22-14-15-5-1-8-21-19(15)25-11-4-9-23-25/h1,3-6,8-9,11-12,17H,2,7,10,13-14H2,(H,22,27). The van der Waals surface area contributed by atoms with Crippen molar-refractivity contribution in [2.24, 2.45) is 0 Å². The highest BCUT2D eigenvalue weighted by molar-refractivity contribution is 7.10. The Morgan fingerprint density at radius 2 is 2.14 bits per heavy atom. The van der Waals surface area contributed by atoms with Gasteiger partial charge in [0.25, 0.3) is 0 Å². The molecule has 0 aromatic carbocycles. The first-order valence-corrected chi connectivity index (χ1v) is 10.1. The minimum Gasteiger partial charge on any atom is -0.350 e. The molecular formula is C20H21N5O2S. The first-order valence-electron chi connectivity index (χ1n) is 9.26. The van der Waals surface area contributed by atoms with Crippen LogP contribution < -0.4 is 5.32 Å². The van der Waals surface area contributed by atoms with Crippen LogP contribution in [0.1, 0.15) is 23.3 Å². The summed E-state index contributed by atoms with van der Waals surface area (Å²) in [4.78, 5) is 32.5. The van der Waals surface area contributed by atoms with E-state index in [-0.39, 0.29) is 11.8 Å². The Bertz CT molecular complexity index is 939. The van der Waals surface area contributed by atoms with E-state index in [1.54, 1.807) is 33.3 Å². The van der Waals surface area contributed by atoms with Gasteiger partial charge in [-0.15, -0.1) is 11.3 Å². The fourth-order valence-corrected chi connectivity index (χ4v) is 4.17. The topological polar surface area (TPSA) is 80.1 Å². The Morgan fingerprint density at radius 1 is 1.21 bits per heavy atom. The molecule has 8 heteroatoms. The summed E-state index contributed by atoms with van der Waals surface area (Å²) in [5.41, 5.74) is 0.869. The third-order valence-electron chi connectivity index (χ3n) is 4.82. The van der Waals surface area contributed by atoms with E-state index in [2.05, 4.69) is 15.4 Å². The van der Waals surface area contributed by atoms with Gasteiger partial charge in [0.1, 0.15) is 6.04 Å². The van der Waals surface area contributed by atoms with Gasteiger partial charge in [-0.05, 0) is 36.4 Å². The number of likely N-dealkylation sites (tertiary alicyclic amines) is 1. The summed E-state index contributed by atoms with van der Waals surface area (Å²) in [5.74, 6) is 0.579. The van der Waals surface area contributed by atoms with E-state index in [0.717, 1.165) is 16.9 Å². The molecule has 1 aliphatic rings. The summed E-state index contributed by atoms with van der Waals surface area (Å²) in [6, 6.07) is 9.06. The summed E-state index contributed by atoms with van der Waals surface area (Å²) >= 11 is 1.56. The summed E-state index contributed by atoms with van der Waals surface area (Å²) < 4.78 is 1.67. The molecule has 0 spiro atoms. The van der Waals surface area contributed by atoms with Crippen molar-refractivity contribution in [3.8, 4) is 5.82 Å². The van der Waals surface area contributed by atoms with Crippen LogP contribution in [0.5, 0.6) is 0 Å². The minimum absolute atomic E-state index is 0.0127. The van der Waals surface area contributed by atoms with Gasteiger partial charge in [0.15, 0.2) is 5.82 Å². The number of carbonyl (C=O) groups excluding carboxylic acids is 2. The molecule has 1 N–H and O–H groups in total. The average molecular weight is 395 g/mol. The highest BCUT2D eigenvalue weighted by atomic mass is 32.1. The first-order chi connectivity index (χ1) is 13.7. The molecule has 0 radical (unpaired) electrons. The summed E-state index contributed by atoms with van der Waals surface area (Å²) in [6.07, 6.45) is 7.10. The number of nitrogens with one attached hydrogen (secondary N) is 1. The summed E-state index contributed by atoms with van der Waals surface area (Å²) in [7, 11) is 0. The maximum absolute atomic E-state index is 12.8. The number of amides is 2. The lowest BCUT2D eigenvalue weighted by molar-refractivity contribution is -0.138. The van der Waals surface area contributed by atoms with Gasteiger partial charge in [0.05, 0.1) is 6.42 Å². The molecule has 28 heavy (non-hydrogen) atoms. The van der Waals surface area contributed by atoms with E-state index in [1.165, 1.54) is 0 Å². The predicted molar refractivity (Wildman–Crippen MR) is 106 cm³/mol. The number of thiophene rings is 1. The predicted octanol–water partition coefficient (Wildman–Crippen LogP) is 2.18. The van der Waals surface area contributed by atoms with E-state index in [1.807, 2.05) is 41.9 Å². The number of nitrogens with zero attached hydrogens (tertiary/aromatic N) is 4. The fourth-order valence-electron chi connectivity index (χ4n) is 3.47. The van der Waals surface area contributed by atoms with Crippen LogP contribution in [0.25, 0.3) is 5.82 Å². The molecule has 0 bridgehead atoms. The normalized spacial score (nSPS) is 16.3. The Hall–Kier alpha value is -3.00. The van der Waals surface area contributed by atoms with Crippen LogP contribution >= 0.6 is 11.3 Å². The van der Waals surface area contributed by atoms with Gasteiger partial charge in [-0.2, -0.15) is 5.10 Å². The molecule has 7 nitrogen and oxygen atoms in total. The van der Waals surface area contributed by atoms with Crippen LogP contribution in [-0.4, -0.2) is 44.1 Å². The third-order valence-corrected chi connectivity index (χ3v) is 5.70. The Morgan fingerprint density at radius 3 is 2.93 bits per heavy atom. The zero-order valence-corrected chi connectivity index (χ0v) is 16.1. The largest absolute Gasteiger partial charge is 0.350 e. The second kappa shape index (κ2) is 8.35. The molecule has 1 unspecified atom stereocenters. The molecular weight excluding hydrogens is 374 g/mol. The van der Waals surface area contributed by atoms with E-state index in [9.17, 15) is 9.59 Å². The lowest BCUT2D eigenvalue weighted by Crippen LogP contribution is -2.46. The van der Waals surface area contributed by atoms with Gasteiger partial charge in [-0.25, -0.2) is 9.67 Å². The van der Waals surface area contributed by atoms with E-state index in [4.69, 9.17) is 0 Å². The molecule has 1 aliphatic heterocycles. The number of rotatable bonds is 6. The van der Waals surface area contributed by atoms with Gasteiger partial charge in [0.2, 0.25) is 11.8 Å². The molecule has 1 fully saturated rings. The smallest absolute Gasteiger partial charge is 0.243 e. The number of aromatic nitrogens is 3. The molecule has 144 valence electrons. The minimum atomic E-state index is -0.405. The van der Waals surface area contributed by atoms with Gasteiger partial charge in [-0.1, -0.05) is 12.1 Å².